The second kappa shape index (κ2) is 8.13. The fraction of sp³-hybridized carbons (Fsp3) is 0.588. The van der Waals surface area contributed by atoms with Crippen LogP contribution in [0, 0.1) is 0 Å². The molecule has 3 nitrogen and oxygen atoms in total. The molecule has 2 rings (SSSR count). The van der Waals surface area contributed by atoms with Gasteiger partial charge in [-0.05, 0) is 18.4 Å². The summed E-state index contributed by atoms with van der Waals surface area (Å²) in [6.07, 6.45) is 2.03. The van der Waals surface area contributed by atoms with Gasteiger partial charge >= 0.3 is 0 Å². The molecular weight excluding hydrogens is 267 g/mol. The van der Waals surface area contributed by atoms with Crippen LogP contribution in [0.5, 0.6) is 0 Å². The quantitative estimate of drug-likeness (QED) is 0.805. The molecule has 0 aromatic heterocycles. The average molecular weight is 292 g/mol. The number of carbonyl (C=O) groups is 1. The Balaban J connectivity index is 2.05. The summed E-state index contributed by atoms with van der Waals surface area (Å²) in [4.78, 5) is 16.7. The van der Waals surface area contributed by atoms with Crippen molar-refractivity contribution >= 4 is 5.91 Å². The molecule has 116 valence electrons. The van der Waals surface area contributed by atoms with Crippen LogP contribution in [0.1, 0.15) is 31.7 Å². The predicted molar refractivity (Wildman–Crippen MR) is 82.7 cm³/mol. The summed E-state index contributed by atoms with van der Waals surface area (Å²) in [5.41, 5.74) is 1.17. The van der Waals surface area contributed by atoms with Crippen LogP contribution in [-0.2, 0) is 11.3 Å². The molecule has 1 heterocycles. The maximum absolute atomic E-state index is 12.4. The number of amides is 1. The summed E-state index contributed by atoms with van der Waals surface area (Å²) >= 11 is 0. The van der Waals surface area contributed by atoms with Crippen molar-refractivity contribution < 1.29 is 9.18 Å². The van der Waals surface area contributed by atoms with Gasteiger partial charge in [0.2, 0.25) is 5.91 Å². The first-order valence-electron chi connectivity index (χ1n) is 7.86. The Kier molecular flexibility index (Phi) is 6.18. The molecule has 0 aliphatic carbocycles. The van der Waals surface area contributed by atoms with Crippen LogP contribution in [0.25, 0.3) is 0 Å². The summed E-state index contributed by atoms with van der Waals surface area (Å²) in [5.74, 6) is 0.216. The van der Waals surface area contributed by atoms with Crippen molar-refractivity contribution in [2.24, 2.45) is 0 Å². The zero-order valence-corrected chi connectivity index (χ0v) is 12.8. The van der Waals surface area contributed by atoms with Crippen molar-refractivity contribution in [3.63, 3.8) is 0 Å². The molecule has 1 aliphatic rings. The monoisotopic (exact) mass is 292 g/mol. The molecule has 0 unspecified atom stereocenters. The zero-order chi connectivity index (χ0) is 15.1. The number of carbonyl (C=O) groups excluding carboxylic acids is 1. The highest BCUT2D eigenvalue weighted by Crippen LogP contribution is 2.17. The van der Waals surface area contributed by atoms with Crippen LogP contribution in [0.2, 0.25) is 0 Å². The second-order valence-electron chi connectivity index (χ2n) is 5.66. The van der Waals surface area contributed by atoms with E-state index in [4.69, 9.17) is 0 Å². The highest BCUT2D eigenvalue weighted by molar-refractivity contribution is 5.77. The van der Waals surface area contributed by atoms with Crippen molar-refractivity contribution in [2.45, 2.75) is 38.8 Å². The van der Waals surface area contributed by atoms with Gasteiger partial charge in [0.1, 0.15) is 0 Å². The highest BCUT2D eigenvalue weighted by atomic mass is 19.1. The third-order valence-electron chi connectivity index (χ3n) is 4.15. The van der Waals surface area contributed by atoms with E-state index in [-0.39, 0.29) is 18.6 Å². The van der Waals surface area contributed by atoms with Gasteiger partial charge in [-0.2, -0.15) is 0 Å². The summed E-state index contributed by atoms with van der Waals surface area (Å²) in [6, 6.07) is 10.3. The van der Waals surface area contributed by atoms with E-state index in [1.54, 1.807) is 0 Å². The normalized spacial score (nSPS) is 20.6. The SMILES string of the molecule is CC[C@H]1CN(CCCF)CCC(=O)N1Cc1ccccc1. The topological polar surface area (TPSA) is 23.6 Å². The molecule has 1 aromatic rings. The average Bonchev–Trinajstić information content (AvgIpc) is 2.67. The van der Waals surface area contributed by atoms with Gasteiger partial charge in [-0.25, -0.2) is 0 Å². The lowest BCUT2D eigenvalue weighted by Crippen LogP contribution is -2.42. The molecule has 1 atom stereocenters. The van der Waals surface area contributed by atoms with Crippen LogP contribution < -0.4 is 0 Å². The van der Waals surface area contributed by atoms with Crippen LogP contribution in [0.15, 0.2) is 30.3 Å². The van der Waals surface area contributed by atoms with E-state index >= 15 is 0 Å². The number of halogens is 1. The number of hydrogen-bond donors (Lipinski definition) is 0. The molecule has 1 fully saturated rings. The summed E-state index contributed by atoms with van der Waals surface area (Å²) in [5, 5.41) is 0. The van der Waals surface area contributed by atoms with Crippen molar-refractivity contribution in [1.82, 2.24) is 9.80 Å². The largest absolute Gasteiger partial charge is 0.334 e. The van der Waals surface area contributed by atoms with E-state index in [2.05, 4.69) is 24.0 Å². The van der Waals surface area contributed by atoms with Crippen molar-refractivity contribution in [1.29, 1.82) is 0 Å². The lowest BCUT2D eigenvalue weighted by atomic mass is 10.1. The smallest absolute Gasteiger partial charge is 0.224 e. The minimum Gasteiger partial charge on any atom is -0.334 e. The van der Waals surface area contributed by atoms with Gasteiger partial charge in [0, 0.05) is 38.6 Å². The number of rotatable bonds is 6. The minimum absolute atomic E-state index is 0.216. The van der Waals surface area contributed by atoms with Crippen molar-refractivity contribution in [2.75, 3.05) is 26.3 Å². The first-order chi connectivity index (χ1) is 10.2. The van der Waals surface area contributed by atoms with E-state index in [0.717, 1.165) is 26.1 Å². The van der Waals surface area contributed by atoms with Crippen LogP contribution in [-0.4, -0.2) is 48.1 Å². The fourth-order valence-corrected chi connectivity index (χ4v) is 2.92. The second-order valence-corrected chi connectivity index (χ2v) is 5.66. The molecule has 0 radical (unpaired) electrons. The molecule has 0 spiro atoms. The minimum atomic E-state index is -0.283. The number of hydrogen-bond acceptors (Lipinski definition) is 2. The molecule has 1 saturated heterocycles. The van der Waals surface area contributed by atoms with Crippen molar-refractivity contribution in [3.8, 4) is 0 Å². The molecule has 1 amide bonds. The molecule has 4 heteroatoms. The van der Waals surface area contributed by atoms with Crippen LogP contribution in [0.3, 0.4) is 0 Å². The maximum Gasteiger partial charge on any atom is 0.224 e. The number of benzene rings is 1. The third-order valence-corrected chi connectivity index (χ3v) is 4.15. The Labute approximate surface area is 126 Å². The fourth-order valence-electron chi connectivity index (χ4n) is 2.92. The van der Waals surface area contributed by atoms with E-state index in [1.807, 2.05) is 23.1 Å². The van der Waals surface area contributed by atoms with Crippen LogP contribution in [0.4, 0.5) is 4.39 Å². The molecule has 1 aromatic carbocycles. The number of nitrogens with zero attached hydrogens (tertiary/aromatic N) is 2. The Morgan fingerprint density at radius 1 is 1.29 bits per heavy atom. The number of alkyl halides is 1. The van der Waals surface area contributed by atoms with E-state index in [1.165, 1.54) is 5.56 Å². The summed E-state index contributed by atoms with van der Waals surface area (Å²) in [7, 11) is 0. The molecule has 1 aliphatic heterocycles. The van der Waals surface area contributed by atoms with Gasteiger partial charge in [-0.3, -0.25) is 9.18 Å². The standard InChI is InChI=1S/C17H25FN2O/c1-2-16-14-19(11-6-10-18)12-9-17(21)20(16)13-15-7-4-3-5-8-15/h3-5,7-8,16H,2,6,9-14H2,1H3/t16-/m0/s1. The van der Waals surface area contributed by atoms with E-state index in [0.29, 0.717) is 19.4 Å². The van der Waals surface area contributed by atoms with Gasteiger partial charge in [-0.1, -0.05) is 37.3 Å². The van der Waals surface area contributed by atoms with E-state index in [9.17, 15) is 9.18 Å². The lowest BCUT2D eigenvalue weighted by molar-refractivity contribution is -0.133. The summed E-state index contributed by atoms with van der Waals surface area (Å²) < 4.78 is 12.4. The van der Waals surface area contributed by atoms with Crippen molar-refractivity contribution in [3.05, 3.63) is 35.9 Å². The Bertz CT molecular complexity index is 438. The molecule has 21 heavy (non-hydrogen) atoms. The van der Waals surface area contributed by atoms with Gasteiger partial charge in [-0.15, -0.1) is 0 Å². The lowest BCUT2D eigenvalue weighted by Gasteiger charge is -2.31. The van der Waals surface area contributed by atoms with Gasteiger partial charge in [0.25, 0.3) is 0 Å². The Morgan fingerprint density at radius 2 is 2.05 bits per heavy atom. The molecule has 0 bridgehead atoms. The molecule has 0 N–H and O–H groups in total. The Hall–Kier alpha value is -1.42. The van der Waals surface area contributed by atoms with Gasteiger partial charge in [0.15, 0.2) is 0 Å². The van der Waals surface area contributed by atoms with Crippen LogP contribution >= 0.6 is 0 Å². The third kappa shape index (κ3) is 4.53. The van der Waals surface area contributed by atoms with E-state index < -0.39 is 0 Å². The molecular formula is C17H25FN2O. The maximum atomic E-state index is 12.4. The molecule has 0 saturated carbocycles. The highest BCUT2D eigenvalue weighted by Gasteiger charge is 2.28. The first kappa shape index (κ1) is 16.0. The Morgan fingerprint density at radius 3 is 2.71 bits per heavy atom. The van der Waals surface area contributed by atoms with Gasteiger partial charge in [0.05, 0.1) is 6.67 Å². The zero-order valence-electron chi connectivity index (χ0n) is 12.8. The first-order valence-corrected chi connectivity index (χ1v) is 7.86. The van der Waals surface area contributed by atoms with Gasteiger partial charge < -0.3 is 9.80 Å². The predicted octanol–water partition coefficient (Wildman–Crippen LogP) is 2.86. The summed E-state index contributed by atoms with van der Waals surface area (Å²) in [6.45, 7) is 4.87.